The van der Waals surface area contributed by atoms with Gasteiger partial charge in [0.05, 0.1) is 0 Å². The van der Waals surface area contributed by atoms with Crippen LogP contribution in [-0.2, 0) is 0 Å². The topological polar surface area (TPSA) is 12.0 Å². The van der Waals surface area contributed by atoms with Crippen molar-refractivity contribution in [1.82, 2.24) is 0 Å². The number of rotatable bonds is 0. The number of hydrogen-bond acceptors (Lipinski definition) is 1. The first kappa shape index (κ1) is 8.60. The minimum absolute atomic E-state index is 0. The molecule has 1 aromatic rings. The molecule has 2 heteroatoms. The van der Waals surface area contributed by atoms with Crippen LogP contribution in [0.1, 0.15) is 19.8 Å². The van der Waals surface area contributed by atoms with Crippen molar-refractivity contribution in [3.63, 3.8) is 0 Å². The monoisotopic (exact) mass is 215 g/mol. The highest BCUT2D eigenvalue weighted by molar-refractivity contribution is 8.93. The van der Waals surface area contributed by atoms with Crippen LogP contribution >= 0.6 is 17.0 Å². The van der Waals surface area contributed by atoms with Gasteiger partial charge < -0.3 is 5.32 Å². The molecule has 1 aliphatic heterocycles. The minimum Gasteiger partial charge on any atom is -0.384 e. The Balaban J connectivity index is 0.000000605. The zero-order valence-corrected chi connectivity index (χ0v) is 8.22. The molecule has 1 nitrogen and oxygen atoms in total. The molecule has 0 saturated heterocycles. The lowest BCUT2D eigenvalue weighted by atomic mass is 10.0. The van der Waals surface area contributed by atoms with E-state index in [2.05, 4.69) is 36.5 Å². The fraction of sp³-hybridized carbons (Fsp3) is 0.333. The Labute approximate surface area is 79.1 Å². The largest absolute Gasteiger partial charge is 0.384 e. The normalized spacial score (nSPS) is 19.9. The molecule has 0 bridgehead atoms. The molecule has 1 aliphatic rings. The van der Waals surface area contributed by atoms with Crippen molar-refractivity contribution in [2.45, 2.75) is 12.8 Å². The maximum atomic E-state index is 3.35. The summed E-state index contributed by atoms with van der Waals surface area (Å²) in [6, 6.07) is 8.50. The van der Waals surface area contributed by atoms with Crippen LogP contribution in [0.3, 0.4) is 0 Å². The summed E-state index contributed by atoms with van der Waals surface area (Å²) in [5, 5.41) is 3.35. The lowest BCUT2D eigenvalue weighted by Crippen LogP contribution is -1.95. The van der Waals surface area contributed by atoms with Gasteiger partial charge in [0.25, 0.3) is 0 Å². The third-order valence-electron chi connectivity index (χ3n) is 2.09. The van der Waals surface area contributed by atoms with Crippen molar-refractivity contribution in [2.24, 2.45) is 0 Å². The van der Waals surface area contributed by atoms with Crippen molar-refractivity contribution in [2.75, 3.05) is 11.9 Å². The molecular weight excluding hydrogens is 202 g/mol. The summed E-state index contributed by atoms with van der Waals surface area (Å²) in [5.41, 5.74) is 2.78. The average Bonchev–Trinajstić information content (AvgIpc) is 2.34. The predicted molar refractivity (Wildman–Crippen MR) is 55.8 cm³/mol. The van der Waals surface area contributed by atoms with Crippen LogP contribution in [0.2, 0.25) is 0 Å². The van der Waals surface area contributed by atoms with E-state index in [1.807, 2.05) is 0 Å². The Hall–Kier alpha value is -0.500. The van der Waals surface area contributed by atoms with Gasteiger partial charge in [0.1, 0.15) is 0 Å². The van der Waals surface area contributed by atoms with Gasteiger partial charge in [-0.2, -0.15) is 0 Å². The summed E-state index contributed by atoms with van der Waals surface area (Å²) >= 11 is 0. The van der Waals surface area contributed by atoms with Gasteiger partial charge in [-0.3, -0.25) is 0 Å². The second kappa shape index (κ2) is 3.26. The van der Waals surface area contributed by atoms with Crippen LogP contribution in [0.25, 0.3) is 0 Å². The third-order valence-corrected chi connectivity index (χ3v) is 2.09. The molecular formula is C9H14BrN. The second-order valence-electron chi connectivity index (χ2n) is 2.87. The van der Waals surface area contributed by atoms with Crippen LogP contribution in [-0.4, -0.2) is 6.54 Å². The predicted octanol–water partition coefficient (Wildman–Crippen LogP) is 3.04. The molecule has 0 spiro atoms. The Morgan fingerprint density at radius 2 is 2.18 bits per heavy atom. The van der Waals surface area contributed by atoms with E-state index in [1.54, 1.807) is 0 Å². The van der Waals surface area contributed by atoms with Gasteiger partial charge in [-0.05, 0) is 11.6 Å². The smallest absolute Gasteiger partial charge is 0.0376 e. The van der Waals surface area contributed by atoms with Gasteiger partial charge in [0, 0.05) is 19.6 Å². The first-order valence-electron chi connectivity index (χ1n) is 3.71. The third kappa shape index (κ3) is 1.41. The van der Waals surface area contributed by atoms with Crippen molar-refractivity contribution in [3.8, 4) is 0 Å². The zero-order valence-electron chi connectivity index (χ0n) is 6.50. The van der Waals surface area contributed by atoms with Gasteiger partial charge in [-0.1, -0.05) is 25.1 Å². The standard InChI is InChI=1S/C9H11N.BrH.H2/c1-7-6-10-9-5-3-2-4-8(7)9;;/h2-5,7,10H,6H2,1H3;2*1H. The van der Waals surface area contributed by atoms with E-state index in [9.17, 15) is 0 Å². The molecule has 62 valence electrons. The first-order valence-corrected chi connectivity index (χ1v) is 3.71. The second-order valence-corrected chi connectivity index (χ2v) is 2.87. The van der Waals surface area contributed by atoms with Gasteiger partial charge in [0.15, 0.2) is 0 Å². The molecule has 0 radical (unpaired) electrons. The number of fused-ring (bicyclic) bond motifs is 1. The van der Waals surface area contributed by atoms with Gasteiger partial charge >= 0.3 is 0 Å². The van der Waals surface area contributed by atoms with E-state index in [4.69, 9.17) is 0 Å². The van der Waals surface area contributed by atoms with E-state index in [0.717, 1.165) is 6.54 Å². The molecule has 2 rings (SSSR count). The molecule has 1 aromatic carbocycles. The number of anilines is 1. The van der Waals surface area contributed by atoms with Crippen LogP contribution < -0.4 is 5.32 Å². The highest BCUT2D eigenvalue weighted by Gasteiger charge is 2.15. The molecule has 0 saturated carbocycles. The van der Waals surface area contributed by atoms with Crippen LogP contribution in [0, 0.1) is 0 Å². The summed E-state index contributed by atoms with van der Waals surface area (Å²) in [7, 11) is 0. The fourth-order valence-electron chi connectivity index (χ4n) is 1.46. The van der Waals surface area contributed by atoms with Crippen molar-refractivity contribution >= 4 is 22.7 Å². The average molecular weight is 216 g/mol. The van der Waals surface area contributed by atoms with E-state index in [-0.39, 0.29) is 18.4 Å². The van der Waals surface area contributed by atoms with Gasteiger partial charge in [0.2, 0.25) is 0 Å². The van der Waals surface area contributed by atoms with Crippen LogP contribution in [0.15, 0.2) is 24.3 Å². The number of para-hydroxylation sites is 1. The number of benzene rings is 1. The van der Waals surface area contributed by atoms with E-state index in [0.29, 0.717) is 5.92 Å². The lowest BCUT2D eigenvalue weighted by Gasteiger charge is -1.98. The summed E-state index contributed by atoms with van der Waals surface area (Å²) in [4.78, 5) is 0. The summed E-state index contributed by atoms with van der Waals surface area (Å²) in [6.07, 6.45) is 0. The van der Waals surface area contributed by atoms with Crippen molar-refractivity contribution in [1.29, 1.82) is 0 Å². The number of hydrogen-bond donors (Lipinski definition) is 1. The highest BCUT2D eigenvalue weighted by atomic mass is 79.9. The Morgan fingerprint density at radius 3 is 2.91 bits per heavy atom. The molecule has 11 heavy (non-hydrogen) atoms. The fourth-order valence-corrected chi connectivity index (χ4v) is 1.46. The van der Waals surface area contributed by atoms with Gasteiger partial charge in [-0.15, -0.1) is 17.0 Å². The SMILES string of the molecule is Br.CC1CNc2ccccc21.[HH]. The van der Waals surface area contributed by atoms with Crippen molar-refractivity contribution < 1.29 is 1.43 Å². The van der Waals surface area contributed by atoms with E-state index < -0.39 is 0 Å². The quantitative estimate of drug-likeness (QED) is 0.702. The summed E-state index contributed by atoms with van der Waals surface area (Å²) in [5.74, 6) is 0.691. The lowest BCUT2D eigenvalue weighted by molar-refractivity contribution is 0.854. The van der Waals surface area contributed by atoms with E-state index in [1.165, 1.54) is 11.3 Å². The maximum Gasteiger partial charge on any atom is 0.0376 e. The molecule has 1 atom stereocenters. The first-order chi connectivity index (χ1) is 4.88. The molecule has 0 amide bonds. The zero-order chi connectivity index (χ0) is 6.97. The van der Waals surface area contributed by atoms with E-state index >= 15 is 0 Å². The Morgan fingerprint density at radius 1 is 1.45 bits per heavy atom. The molecule has 1 N–H and O–H groups in total. The molecule has 1 heterocycles. The number of nitrogens with one attached hydrogen (secondary N) is 1. The molecule has 0 aliphatic carbocycles. The Kier molecular flexibility index (Phi) is 2.55. The maximum absolute atomic E-state index is 3.35. The highest BCUT2D eigenvalue weighted by Crippen LogP contribution is 2.29. The number of halogens is 1. The summed E-state index contributed by atoms with van der Waals surface area (Å²) in [6.45, 7) is 3.35. The minimum atomic E-state index is 0. The van der Waals surface area contributed by atoms with Crippen molar-refractivity contribution in [3.05, 3.63) is 29.8 Å². The van der Waals surface area contributed by atoms with Crippen LogP contribution in [0.4, 0.5) is 5.69 Å². The summed E-state index contributed by atoms with van der Waals surface area (Å²) < 4.78 is 0. The Bertz CT molecular complexity index is 252. The van der Waals surface area contributed by atoms with Crippen LogP contribution in [0.5, 0.6) is 0 Å². The molecule has 0 fully saturated rings. The van der Waals surface area contributed by atoms with Gasteiger partial charge in [-0.25, -0.2) is 0 Å². The molecule has 0 aromatic heterocycles. The molecule has 1 unspecified atom stereocenters.